The minimum absolute atomic E-state index is 0.0982. The van der Waals surface area contributed by atoms with Gasteiger partial charge in [-0.3, -0.25) is 0 Å². The fraction of sp³-hybridized carbons (Fsp3) is 0.0667. The Morgan fingerprint density at radius 3 is 2.16 bits per heavy atom. The standard InChI is InChI=1S/C15H13N3S/c16-15-18-17-13(11-7-3-1-4-8-11)14(19-15)12-9-5-2-6-10-12/h1-10,14H,(H2,16,18). The zero-order chi connectivity index (χ0) is 13.1. The van der Waals surface area contributed by atoms with Crippen molar-refractivity contribution < 1.29 is 0 Å². The normalized spacial score (nSPS) is 18.6. The van der Waals surface area contributed by atoms with Gasteiger partial charge in [0.15, 0.2) is 5.17 Å². The molecular formula is C15H13N3S. The Kier molecular flexibility index (Phi) is 3.33. The van der Waals surface area contributed by atoms with Crippen LogP contribution in [-0.2, 0) is 0 Å². The van der Waals surface area contributed by atoms with Gasteiger partial charge in [0.25, 0.3) is 0 Å². The van der Waals surface area contributed by atoms with E-state index in [2.05, 4.69) is 22.3 Å². The Balaban J connectivity index is 2.04. The lowest BCUT2D eigenvalue weighted by atomic mass is 10.0. The van der Waals surface area contributed by atoms with Gasteiger partial charge >= 0.3 is 0 Å². The van der Waals surface area contributed by atoms with Crippen LogP contribution in [0, 0.1) is 0 Å². The van der Waals surface area contributed by atoms with E-state index in [4.69, 9.17) is 5.73 Å². The molecule has 3 rings (SSSR count). The second-order valence-electron chi connectivity index (χ2n) is 4.20. The van der Waals surface area contributed by atoms with Crippen LogP contribution in [0.2, 0.25) is 0 Å². The summed E-state index contributed by atoms with van der Waals surface area (Å²) in [5.41, 5.74) is 9.03. The molecule has 1 unspecified atom stereocenters. The summed E-state index contributed by atoms with van der Waals surface area (Å²) < 4.78 is 0. The molecule has 0 saturated heterocycles. The molecule has 1 aliphatic heterocycles. The number of hydrogen-bond donors (Lipinski definition) is 1. The maximum atomic E-state index is 5.81. The number of amidine groups is 1. The highest BCUT2D eigenvalue weighted by Gasteiger charge is 2.25. The van der Waals surface area contributed by atoms with Gasteiger partial charge in [0.2, 0.25) is 0 Å². The van der Waals surface area contributed by atoms with Crippen molar-refractivity contribution in [3.05, 3.63) is 71.8 Å². The van der Waals surface area contributed by atoms with E-state index in [1.165, 1.54) is 17.3 Å². The summed E-state index contributed by atoms with van der Waals surface area (Å²) in [6, 6.07) is 20.4. The maximum Gasteiger partial charge on any atom is 0.181 e. The molecule has 0 bridgehead atoms. The molecule has 94 valence electrons. The highest BCUT2D eigenvalue weighted by Crippen LogP contribution is 2.35. The molecule has 2 N–H and O–H groups in total. The highest BCUT2D eigenvalue weighted by molar-refractivity contribution is 8.14. The number of nitrogens with two attached hydrogens (primary N) is 1. The third kappa shape index (κ3) is 2.53. The van der Waals surface area contributed by atoms with E-state index in [0.717, 1.165) is 11.3 Å². The van der Waals surface area contributed by atoms with Crippen LogP contribution in [-0.4, -0.2) is 10.9 Å². The topological polar surface area (TPSA) is 50.7 Å². The van der Waals surface area contributed by atoms with Crippen LogP contribution in [0.5, 0.6) is 0 Å². The molecule has 0 aromatic heterocycles. The van der Waals surface area contributed by atoms with Crippen LogP contribution in [0.1, 0.15) is 16.4 Å². The average molecular weight is 267 g/mol. The Morgan fingerprint density at radius 2 is 1.47 bits per heavy atom. The van der Waals surface area contributed by atoms with Crippen molar-refractivity contribution in [3.8, 4) is 0 Å². The minimum Gasteiger partial charge on any atom is -0.377 e. The maximum absolute atomic E-state index is 5.81. The lowest BCUT2D eigenvalue weighted by molar-refractivity contribution is 1.16. The van der Waals surface area contributed by atoms with E-state index < -0.39 is 0 Å². The molecule has 0 aliphatic carbocycles. The summed E-state index contributed by atoms with van der Waals surface area (Å²) in [6.07, 6.45) is 0. The molecule has 4 heteroatoms. The smallest absolute Gasteiger partial charge is 0.181 e. The van der Waals surface area contributed by atoms with Gasteiger partial charge in [-0.25, -0.2) is 0 Å². The first kappa shape index (κ1) is 12.0. The number of nitrogens with zero attached hydrogens (tertiary/aromatic N) is 2. The van der Waals surface area contributed by atoms with E-state index in [1.54, 1.807) is 0 Å². The number of hydrogen-bond acceptors (Lipinski definition) is 4. The van der Waals surface area contributed by atoms with Crippen molar-refractivity contribution in [2.24, 2.45) is 15.9 Å². The average Bonchev–Trinajstić information content (AvgIpc) is 2.49. The van der Waals surface area contributed by atoms with Crippen LogP contribution >= 0.6 is 11.8 Å². The largest absolute Gasteiger partial charge is 0.377 e. The van der Waals surface area contributed by atoms with Crippen LogP contribution in [0.25, 0.3) is 0 Å². The van der Waals surface area contributed by atoms with Crippen molar-refractivity contribution in [1.82, 2.24) is 0 Å². The van der Waals surface area contributed by atoms with Gasteiger partial charge < -0.3 is 5.73 Å². The summed E-state index contributed by atoms with van der Waals surface area (Å²) in [4.78, 5) is 0. The molecule has 0 amide bonds. The van der Waals surface area contributed by atoms with E-state index in [1.807, 2.05) is 48.5 Å². The van der Waals surface area contributed by atoms with Crippen molar-refractivity contribution >= 4 is 22.6 Å². The lowest BCUT2D eigenvalue weighted by Crippen LogP contribution is -2.20. The molecular weight excluding hydrogens is 254 g/mol. The molecule has 0 spiro atoms. The summed E-state index contributed by atoms with van der Waals surface area (Å²) in [5, 5.41) is 8.91. The summed E-state index contributed by atoms with van der Waals surface area (Å²) in [5.74, 6) is 0. The SMILES string of the molecule is NC1=NN=C(c2ccccc2)C(c2ccccc2)S1. The van der Waals surface area contributed by atoms with E-state index >= 15 is 0 Å². The Hall–Kier alpha value is -2.07. The predicted octanol–water partition coefficient (Wildman–Crippen LogP) is 3.19. The second kappa shape index (κ2) is 5.28. The Bertz CT molecular complexity index is 620. The summed E-state index contributed by atoms with van der Waals surface area (Å²) >= 11 is 1.54. The van der Waals surface area contributed by atoms with E-state index in [-0.39, 0.29) is 5.25 Å². The van der Waals surface area contributed by atoms with Gasteiger partial charge in [0.05, 0.1) is 11.0 Å². The first-order valence-electron chi connectivity index (χ1n) is 6.02. The zero-order valence-corrected chi connectivity index (χ0v) is 11.0. The van der Waals surface area contributed by atoms with Gasteiger partial charge in [0.1, 0.15) is 0 Å². The quantitative estimate of drug-likeness (QED) is 0.908. The zero-order valence-electron chi connectivity index (χ0n) is 10.2. The Morgan fingerprint density at radius 1 is 0.842 bits per heavy atom. The molecule has 1 aliphatic rings. The van der Waals surface area contributed by atoms with Crippen molar-refractivity contribution in [2.75, 3.05) is 0 Å². The lowest BCUT2D eigenvalue weighted by Gasteiger charge is -2.21. The monoisotopic (exact) mass is 267 g/mol. The van der Waals surface area contributed by atoms with E-state index in [9.17, 15) is 0 Å². The van der Waals surface area contributed by atoms with Gasteiger partial charge in [-0.15, -0.1) is 5.10 Å². The third-order valence-electron chi connectivity index (χ3n) is 2.92. The van der Waals surface area contributed by atoms with Crippen LogP contribution in [0.4, 0.5) is 0 Å². The second-order valence-corrected chi connectivity index (χ2v) is 5.32. The number of thioether (sulfide) groups is 1. The molecule has 2 aromatic carbocycles. The summed E-state index contributed by atoms with van der Waals surface area (Å²) in [6.45, 7) is 0. The molecule has 0 fully saturated rings. The fourth-order valence-corrected chi connectivity index (χ4v) is 2.95. The van der Waals surface area contributed by atoms with Crippen LogP contribution < -0.4 is 5.73 Å². The molecule has 0 saturated carbocycles. The molecule has 2 aromatic rings. The molecule has 19 heavy (non-hydrogen) atoms. The minimum atomic E-state index is 0.0982. The van der Waals surface area contributed by atoms with Gasteiger partial charge in [-0.1, -0.05) is 72.4 Å². The number of benzene rings is 2. The molecule has 0 radical (unpaired) electrons. The van der Waals surface area contributed by atoms with Crippen LogP contribution in [0.15, 0.2) is 70.9 Å². The first-order chi connectivity index (χ1) is 9.34. The highest BCUT2D eigenvalue weighted by atomic mass is 32.2. The molecule has 3 nitrogen and oxygen atoms in total. The third-order valence-corrected chi connectivity index (χ3v) is 3.97. The van der Waals surface area contributed by atoms with Crippen molar-refractivity contribution in [3.63, 3.8) is 0 Å². The first-order valence-corrected chi connectivity index (χ1v) is 6.90. The van der Waals surface area contributed by atoms with Crippen molar-refractivity contribution in [1.29, 1.82) is 0 Å². The van der Waals surface area contributed by atoms with Gasteiger partial charge in [0, 0.05) is 0 Å². The van der Waals surface area contributed by atoms with Gasteiger partial charge in [-0.2, -0.15) is 5.10 Å². The van der Waals surface area contributed by atoms with E-state index in [0.29, 0.717) is 5.17 Å². The predicted molar refractivity (Wildman–Crippen MR) is 81.4 cm³/mol. The summed E-state index contributed by atoms with van der Waals surface area (Å²) in [7, 11) is 0. The Labute approximate surface area is 116 Å². The van der Waals surface area contributed by atoms with Gasteiger partial charge in [-0.05, 0) is 11.1 Å². The van der Waals surface area contributed by atoms with Crippen molar-refractivity contribution in [2.45, 2.75) is 5.25 Å². The number of rotatable bonds is 2. The fourth-order valence-electron chi connectivity index (χ4n) is 2.03. The molecule has 1 atom stereocenters. The molecule has 1 heterocycles. The van der Waals surface area contributed by atoms with Crippen LogP contribution in [0.3, 0.4) is 0 Å².